The van der Waals surface area contributed by atoms with Gasteiger partial charge in [-0.1, -0.05) is 62.4 Å². The minimum absolute atomic E-state index is 0.0889. The lowest BCUT2D eigenvalue weighted by Gasteiger charge is -2.19. The van der Waals surface area contributed by atoms with Gasteiger partial charge in [-0.05, 0) is 45.5 Å². The highest BCUT2D eigenvalue weighted by Gasteiger charge is 2.15. The fourth-order valence-electron chi connectivity index (χ4n) is 3.07. The largest absolute Gasteiger partial charge is 0.324 e. The highest BCUT2D eigenvalue weighted by atomic mass is 14.6. The number of hydrogen-bond donors (Lipinski definition) is 1. The normalized spacial score (nSPS) is 13.2. The van der Waals surface area contributed by atoms with Crippen molar-refractivity contribution in [3.63, 3.8) is 0 Å². The van der Waals surface area contributed by atoms with Crippen molar-refractivity contribution < 1.29 is 0 Å². The Labute approximate surface area is 120 Å². The van der Waals surface area contributed by atoms with Crippen LogP contribution in [0, 0.1) is 5.92 Å². The van der Waals surface area contributed by atoms with E-state index in [1.54, 1.807) is 0 Å². The third-order valence-corrected chi connectivity index (χ3v) is 3.91. The first-order chi connectivity index (χ1) is 9.66. The first-order valence-corrected chi connectivity index (χ1v) is 7.33. The van der Waals surface area contributed by atoms with Gasteiger partial charge in [-0.15, -0.1) is 0 Å². The Morgan fingerprint density at radius 1 is 0.850 bits per heavy atom. The van der Waals surface area contributed by atoms with Crippen molar-refractivity contribution in [2.45, 2.75) is 26.3 Å². The number of hydrogen-bond acceptors (Lipinski definition) is 1. The molecule has 0 aliphatic rings. The molecule has 0 bridgehead atoms. The maximum absolute atomic E-state index is 6.53. The Kier molecular flexibility index (Phi) is 3.45. The molecule has 3 aromatic rings. The van der Waals surface area contributed by atoms with Crippen molar-refractivity contribution in [3.8, 4) is 0 Å². The molecule has 0 amide bonds. The molecule has 20 heavy (non-hydrogen) atoms. The summed E-state index contributed by atoms with van der Waals surface area (Å²) in [7, 11) is 0. The van der Waals surface area contributed by atoms with E-state index in [1.807, 2.05) is 0 Å². The van der Waals surface area contributed by atoms with E-state index in [2.05, 4.69) is 68.4 Å². The Morgan fingerprint density at radius 3 is 1.85 bits per heavy atom. The topological polar surface area (TPSA) is 26.0 Å². The second-order valence-electron chi connectivity index (χ2n) is 5.97. The molecule has 2 N–H and O–H groups in total. The van der Waals surface area contributed by atoms with Gasteiger partial charge in [0.05, 0.1) is 0 Å². The fourth-order valence-corrected chi connectivity index (χ4v) is 3.07. The molecule has 0 aliphatic heterocycles. The molecule has 1 nitrogen and oxygen atoms in total. The molecule has 0 aliphatic carbocycles. The quantitative estimate of drug-likeness (QED) is 0.658. The van der Waals surface area contributed by atoms with Gasteiger partial charge < -0.3 is 5.73 Å². The predicted octanol–water partition coefficient (Wildman–Crippen LogP) is 5.04. The monoisotopic (exact) mass is 263 g/mol. The van der Waals surface area contributed by atoms with E-state index in [0.717, 1.165) is 6.42 Å². The Morgan fingerprint density at radius 2 is 1.35 bits per heavy atom. The van der Waals surface area contributed by atoms with Gasteiger partial charge >= 0.3 is 0 Å². The van der Waals surface area contributed by atoms with Crippen LogP contribution in [-0.4, -0.2) is 0 Å². The van der Waals surface area contributed by atoms with Crippen LogP contribution in [0.3, 0.4) is 0 Å². The molecule has 0 unspecified atom stereocenters. The van der Waals surface area contributed by atoms with Gasteiger partial charge in [0.15, 0.2) is 0 Å². The van der Waals surface area contributed by atoms with Gasteiger partial charge in [-0.2, -0.15) is 0 Å². The van der Waals surface area contributed by atoms with Crippen molar-refractivity contribution >= 4 is 21.5 Å². The smallest absolute Gasteiger partial charge is 0.0309 e. The number of nitrogens with two attached hydrogens (primary N) is 1. The highest BCUT2D eigenvalue weighted by Crippen LogP contribution is 2.34. The van der Waals surface area contributed by atoms with Crippen LogP contribution in [0.15, 0.2) is 54.6 Å². The van der Waals surface area contributed by atoms with Crippen LogP contribution in [0.5, 0.6) is 0 Å². The average Bonchev–Trinajstić information content (AvgIpc) is 2.43. The third-order valence-electron chi connectivity index (χ3n) is 3.91. The maximum atomic E-state index is 6.53. The molecule has 0 spiro atoms. The summed E-state index contributed by atoms with van der Waals surface area (Å²) in [6.45, 7) is 4.46. The van der Waals surface area contributed by atoms with Crippen LogP contribution in [0.25, 0.3) is 21.5 Å². The Bertz CT molecular complexity index is 689. The fraction of sp³-hybridized carbons (Fsp3) is 0.263. The van der Waals surface area contributed by atoms with Gasteiger partial charge in [0, 0.05) is 6.04 Å². The van der Waals surface area contributed by atoms with Crippen LogP contribution in [0.4, 0.5) is 0 Å². The zero-order valence-corrected chi connectivity index (χ0v) is 12.1. The van der Waals surface area contributed by atoms with Crippen LogP contribution in [0.1, 0.15) is 31.9 Å². The summed E-state index contributed by atoms with van der Waals surface area (Å²) in [5, 5.41) is 5.14. The summed E-state index contributed by atoms with van der Waals surface area (Å²) >= 11 is 0. The van der Waals surface area contributed by atoms with Crippen molar-refractivity contribution in [3.05, 3.63) is 60.2 Å². The van der Waals surface area contributed by atoms with Crippen molar-refractivity contribution in [1.82, 2.24) is 0 Å². The predicted molar refractivity (Wildman–Crippen MR) is 87.8 cm³/mol. The molecule has 3 aromatic carbocycles. The van der Waals surface area contributed by atoms with E-state index < -0.39 is 0 Å². The molecule has 0 aromatic heterocycles. The molecular formula is C19H21N. The van der Waals surface area contributed by atoms with E-state index in [1.165, 1.54) is 27.1 Å². The first kappa shape index (κ1) is 13.1. The third kappa shape index (κ3) is 2.30. The number of fused-ring (bicyclic) bond motifs is 2. The van der Waals surface area contributed by atoms with Gasteiger partial charge in [0.1, 0.15) is 0 Å². The molecule has 0 saturated carbocycles. The number of benzene rings is 3. The molecular weight excluding hydrogens is 242 g/mol. The summed E-state index contributed by atoms with van der Waals surface area (Å²) in [5.74, 6) is 0.600. The van der Waals surface area contributed by atoms with Gasteiger partial charge in [-0.3, -0.25) is 0 Å². The van der Waals surface area contributed by atoms with Crippen molar-refractivity contribution in [1.29, 1.82) is 0 Å². The lowest BCUT2D eigenvalue weighted by atomic mass is 9.89. The second-order valence-corrected chi connectivity index (χ2v) is 5.97. The van der Waals surface area contributed by atoms with Crippen LogP contribution in [0.2, 0.25) is 0 Å². The standard InChI is InChI=1S/C19H21N/c1-13(2)11-18(20)19-16-9-5-3-7-14(16)12-15-8-4-6-10-17(15)19/h3-10,12-13,18H,11,20H2,1-2H3/t18-/m1/s1. The summed E-state index contributed by atoms with van der Waals surface area (Å²) < 4.78 is 0. The Balaban J connectivity index is 2.33. The summed E-state index contributed by atoms with van der Waals surface area (Å²) in [6.07, 6.45) is 1.01. The van der Waals surface area contributed by atoms with Crippen LogP contribution in [-0.2, 0) is 0 Å². The van der Waals surface area contributed by atoms with Gasteiger partial charge in [-0.25, -0.2) is 0 Å². The van der Waals surface area contributed by atoms with Crippen molar-refractivity contribution in [2.24, 2.45) is 11.7 Å². The minimum atomic E-state index is 0.0889. The van der Waals surface area contributed by atoms with E-state index in [-0.39, 0.29) is 6.04 Å². The zero-order chi connectivity index (χ0) is 14.1. The SMILES string of the molecule is CC(C)C[C@@H](N)c1c2ccccc2cc2ccccc12. The maximum Gasteiger partial charge on any atom is 0.0309 e. The average molecular weight is 263 g/mol. The zero-order valence-electron chi connectivity index (χ0n) is 12.1. The molecule has 0 heterocycles. The van der Waals surface area contributed by atoms with E-state index in [0.29, 0.717) is 5.92 Å². The molecule has 3 rings (SSSR count). The van der Waals surface area contributed by atoms with E-state index in [9.17, 15) is 0 Å². The minimum Gasteiger partial charge on any atom is -0.324 e. The second kappa shape index (κ2) is 5.26. The number of rotatable bonds is 3. The van der Waals surface area contributed by atoms with Gasteiger partial charge in [0.2, 0.25) is 0 Å². The summed E-state index contributed by atoms with van der Waals surface area (Å²) in [6, 6.07) is 19.5. The molecule has 102 valence electrons. The lowest BCUT2D eigenvalue weighted by molar-refractivity contribution is 0.514. The van der Waals surface area contributed by atoms with Gasteiger partial charge in [0.25, 0.3) is 0 Å². The molecule has 1 heteroatoms. The molecule has 0 saturated heterocycles. The van der Waals surface area contributed by atoms with E-state index >= 15 is 0 Å². The highest BCUT2D eigenvalue weighted by molar-refractivity contribution is 6.02. The summed E-state index contributed by atoms with van der Waals surface area (Å²) in [5.41, 5.74) is 7.83. The molecule has 0 fully saturated rings. The van der Waals surface area contributed by atoms with E-state index in [4.69, 9.17) is 5.73 Å². The lowest BCUT2D eigenvalue weighted by Crippen LogP contribution is -2.14. The summed E-state index contributed by atoms with van der Waals surface area (Å²) in [4.78, 5) is 0. The first-order valence-electron chi connectivity index (χ1n) is 7.33. The Hall–Kier alpha value is -1.86. The van der Waals surface area contributed by atoms with Crippen LogP contribution < -0.4 is 5.73 Å². The molecule has 0 radical (unpaired) electrons. The molecule has 1 atom stereocenters. The van der Waals surface area contributed by atoms with Crippen LogP contribution >= 0.6 is 0 Å². The van der Waals surface area contributed by atoms with Crippen molar-refractivity contribution in [2.75, 3.05) is 0 Å².